The molecule has 1 aromatic heterocycles. The highest BCUT2D eigenvalue weighted by molar-refractivity contribution is 5.51. The van der Waals surface area contributed by atoms with E-state index in [1.807, 2.05) is 0 Å². The third-order valence-electron chi connectivity index (χ3n) is 3.15. The summed E-state index contributed by atoms with van der Waals surface area (Å²) in [6, 6.07) is 7.81. The zero-order valence-electron chi connectivity index (χ0n) is 10.1. The minimum absolute atomic E-state index is 0.504. The lowest BCUT2D eigenvalue weighted by molar-refractivity contribution is 0.365. The van der Waals surface area contributed by atoms with Crippen molar-refractivity contribution in [2.75, 3.05) is 31.5 Å². The van der Waals surface area contributed by atoms with Crippen LogP contribution in [-0.4, -0.2) is 36.1 Å². The molecule has 1 fully saturated rings. The average molecular weight is 241 g/mol. The van der Waals surface area contributed by atoms with Gasteiger partial charge in [-0.15, -0.1) is 0 Å². The molecule has 0 radical (unpaired) electrons. The molecule has 92 valence electrons. The third-order valence-corrected chi connectivity index (χ3v) is 3.15. The van der Waals surface area contributed by atoms with Crippen molar-refractivity contribution in [2.45, 2.75) is 6.42 Å². The Kier molecular flexibility index (Phi) is 4.11. The molecule has 1 aliphatic heterocycles. The predicted octanol–water partition coefficient (Wildman–Crippen LogP) is 1.21. The topological polar surface area (TPSA) is 75.7 Å². The van der Waals surface area contributed by atoms with Crippen LogP contribution >= 0.6 is 0 Å². The van der Waals surface area contributed by atoms with Gasteiger partial charge in [0, 0.05) is 19.3 Å². The van der Waals surface area contributed by atoms with E-state index in [0.29, 0.717) is 23.8 Å². The van der Waals surface area contributed by atoms with Crippen LogP contribution in [0.5, 0.6) is 0 Å². The number of pyridine rings is 1. The van der Waals surface area contributed by atoms with Crippen LogP contribution in [0.4, 0.5) is 5.82 Å². The van der Waals surface area contributed by atoms with Crippen LogP contribution in [0.2, 0.25) is 0 Å². The quantitative estimate of drug-likeness (QED) is 0.802. The number of hydrogen-bond donors (Lipinski definition) is 1. The summed E-state index contributed by atoms with van der Waals surface area (Å²) in [7, 11) is 0. The second-order valence-electron chi connectivity index (χ2n) is 4.44. The summed E-state index contributed by atoms with van der Waals surface area (Å²) in [5, 5.41) is 20.8. The third kappa shape index (κ3) is 2.97. The van der Waals surface area contributed by atoms with Crippen molar-refractivity contribution in [3.63, 3.8) is 0 Å². The fourth-order valence-corrected chi connectivity index (χ4v) is 2.20. The van der Waals surface area contributed by atoms with Crippen LogP contribution < -0.4 is 5.32 Å². The van der Waals surface area contributed by atoms with Crippen molar-refractivity contribution in [2.24, 2.45) is 5.92 Å². The summed E-state index contributed by atoms with van der Waals surface area (Å²) in [5.74, 6) is 1.17. The molecule has 1 atom stereocenters. The highest BCUT2D eigenvalue weighted by atomic mass is 15.1. The molecule has 0 unspecified atom stereocenters. The lowest BCUT2D eigenvalue weighted by Crippen LogP contribution is -2.23. The van der Waals surface area contributed by atoms with Crippen molar-refractivity contribution < 1.29 is 0 Å². The molecule has 0 aromatic carbocycles. The van der Waals surface area contributed by atoms with Crippen LogP contribution in [0.25, 0.3) is 0 Å². The Morgan fingerprint density at radius 2 is 2.39 bits per heavy atom. The average Bonchev–Trinajstić information content (AvgIpc) is 2.85. The van der Waals surface area contributed by atoms with Gasteiger partial charge in [0.25, 0.3) is 0 Å². The second-order valence-corrected chi connectivity index (χ2v) is 4.44. The predicted molar refractivity (Wildman–Crippen MR) is 67.6 cm³/mol. The summed E-state index contributed by atoms with van der Waals surface area (Å²) in [6.45, 7) is 3.22. The number of rotatable bonds is 4. The largest absolute Gasteiger partial charge is 0.369 e. The van der Waals surface area contributed by atoms with Crippen molar-refractivity contribution in [1.29, 1.82) is 10.5 Å². The van der Waals surface area contributed by atoms with Crippen LogP contribution in [0.3, 0.4) is 0 Å². The van der Waals surface area contributed by atoms with E-state index in [-0.39, 0.29) is 0 Å². The number of nitrogens with zero attached hydrogens (tertiary/aromatic N) is 4. The van der Waals surface area contributed by atoms with Gasteiger partial charge >= 0.3 is 0 Å². The molecule has 0 saturated carbocycles. The first-order valence-electron chi connectivity index (χ1n) is 6.01. The summed E-state index contributed by atoms with van der Waals surface area (Å²) in [5.41, 5.74) is 0.573. The van der Waals surface area contributed by atoms with Gasteiger partial charge in [0.05, 0.1) is 18.2 Å². The standard InChI is InChI=1S/C13H15N5/c14-4-7-18-6-3-11(10-18)9-17-13-12(8-15)2-1-5-16-13/h1-2,5,11H,3,6-7,9-10H2,(H,16,17)/t11-/m0/s1. The SMILES string of the molecule is N#CCN1CC[C@@H](CNc2ncccc2C#N)C1. The van der Waals surface area contributed by atoms with Gasteiger partial charge in [-0.05, 0) is 31.0 Å². The van der Waals surface area contributed by atoms with Gasteiger partial charge in [-0.1, -0.05) is 0 Å². The molecule has 0 bridgehead atoms. The zero-order chi connectivity index (χ0) is 12.8. The van der Waals surface area contributed by atoms with Crippen LogP contribution in [-0.2, 0) is 0 Å². The molecular weight excluding hydrogens is 226 g/mol. The molecule has 1 aromatic rings. The maximum Gasteiger partial charge on any atom is 0.143 e. The maximum absolute atomic E-state index is 8.95. The molecule has 1 N–H and O–H groups in total. The maximum atomic E-state index is 8.95. The van der Waals surface area contributed by atoms with Crippen LogP contribution in [0, 0.1) is 28.6 Å². The summed E-state index contributed by atoms with van der Waals surface area (Å²) >= 11 is 0. The summed E-state index contributed by atoms with van der Waals surface area (Å²) in [4.78, 5) is 6.32. The Morgan fingerprint density at radius 1 is 1.50 bits per heavy atom. The molecule has 0 aliphatic carbocycles. The molecule has 1 aliphatic rings. The van der Waals surface area contributed by atoms with E-state index in [0.717, 1.165) is 26.1 Å². The van der Waals surface area contributed by atoms with Gasteiger partial charge in [0.2, 0.25) is 0 Å². The number of nitriles is 2. The van der Waals surface area contributed by atoms with E-state index >= 15 is 0 Å². The molecule has 1 saturated heterocycles. The van der Waals surface area contributed by atoms with Gasteiger partial charge in [0.15, 0.2) is 0 Å². The molecule has 2 rings (SSSR count). The van der Waals surface area contributed by atoms with Crippen molar-refractivity contribution in [3.05, 3.63) is 23.9 Å². The first-order valence-corrected chi connectivity index (χ1v) is 6.01. The molecule has 18 heavy (non-hydrogen) atoms. The lowest BCUT2D eigenvalue weighted by Gasteiger charge is -2.13. The van der Waals surface area contributed by atoms with Crippen LogP contribution in [0.1, 0.15) is 12.0 Å². The van der Waals surface area contributed by atoms with Gasteiger partial charge in [-0.2, -0.15) is 10.5 Å². The summed E-state index contributed by atoms with van der Waals surface area (Å²) < 4.78 is 0. The molecule has 2 heterocycles. The van der Waals surface area contributed by atoms with E-state index in [1.54, 1.807) is 18.3 Å². The Balaban J connectivity index is 1.86. The molecular formula is C13H15N5. The minimum Gasteiger partial charge on any atom is -0.369 e. The Labute approximate surface area is 107 Å². The van der Waals surface area contributed by atoms with Crippen LogP contribution in [0.15, 0.2) is 18.3 Å². The smallest absolute Gasteiger partial charge is 0.143 e. The fraction of sp³-hybridized carbons (Fsp3) is 0.462. The Hall–Kier alpha value is -2.11. The van der Waals surface area contributed by atoms with Gasteiger partial charge in [-0.25, -0.2) is 4.98 Å². The highest BCUT2D eigenvalue weighted by Crippen LogP contribution is 2.17. The lowest BCUT2D eigenvalue weighted by atomic mass is 10.1. The normalized spacial score (nSPS) is 19.1. The van der Waals surface area contributed by atoms with Crippen molar-refractivity contribution in [3.8, 4) is 12.1 Å². The molecule has 0 amide bonds. The molecule has 0 spiro atoms. The van der Waals surface area contributed by atoms with E-state index < -0.39 is 0 Å². The number of nitrogens with one attached hydrogen (secondary N) is 1. The van der Waals surface area contributed by atoms with Crippen molar-refractivity contribution >= 4 is 5.82 Å². The Bertz CT molecular complexity index is 485. The fourth-order valence-electron chi connectivity index (χ4n) is 2.20. The van der Waals surface area contributed by atoms with E-state index in [1.165, 1.54) is 0 Å². The Morgan fingerprint density at radius 3 is 3.17 bits per heavy atom. The molecule has 5 heteroatoms. The number of aromatic nitrogens is 1. The number of anilines is 1. The number of hydrogen-bond acceptors (Lipinski definition) is 5. The minimum atomic E-state index is 0.504. The monoisotopic (exact) mass is 241 g/mol. The first-order chi connectivity index (χ1) is 8.83. The molecule has 5 nitrogen and oxygen atoms in total. The summed E-state index contributed by atoms with van der Waals surface area (Å²) in [6.07, 6.45) is 2.77. The van der Waals surface area contributed by atoms with E-state index in [2.05, 4.69) is 27.3 Å². The van der Waals surface area contributed by atoms with Gasteiger partial charge in [0.1, 0.15) is 11.9 Å². The van der Waals surface area contributed by atoms with Gasteiger partial charge < -0.3 is 5.32 Å². The van der Waals surface area contributed by atoms with Gasteiger partial charge in [-0.3, -0.25) is 4.90 Å². The number of likely N-dealkylation sites (tertiary alicyclic amines) is 1. The van der Waals surface area contributed by atoms with E-state index in [9.17, 15) is 0 Å². The highest BCUT2D eigenvalue weighted by Gasteiger charge is 2.21. The zero-order valence-corrected chi connectivity index (χ0v) is 10.1. The van der Waals surface area contributed by atoms with E-state index in [4.69, 9.17) is 10.5 Å². The second kappa shape index (κ2) is 6.00. The van der Waals surface area contributed by atoms with Crippen molar-refractivity contribution in [1.82, 2.24) is 9.88 Å². The first kappa shape index (κ1) is 12.3.